The Morgan fingerprint density at radius 1 is 1.67 bits per heavy atom. The number of ether oxygens (including phenoxy) is 1. The van der Waals surface area contributed by atoms with Gasteiger partial charge < -0.3 is 9.84 Å². The minimum atomic E-state index is -0.947. The molecule has 1 aromatic heterocycles. The summed E-state index contributed by atoms with van der Waals surface area (Å²) in [5.74, 6) is -0.484. The smallest absolute Gasteiger partial charge is 0.344 e. The number of rotatable bonds is 5. The summed E-state index contributed by atoms with van der Waals surface area (Å²) in [7, 11) is 0. The van der Waals surface area contributed by atoms with Crippen LogP contribution in [0.3, 0.4) is 0 Å². The fraction of sp³-hybridized carbons (Fsp3) is 0.400. The molecule has 1 heterocycles. The van der Waals surface area contributed by atoms with E-state index < -0.39 is 12.1 Å². The molecule has 1 aromatic rings. The highest BCUT2D eigenvalue weighted by Crippen LogP contribution is 2.18. The van der Waals surface area contributed by atoms with Gasteiger partial charge in [0, 0.05) is 10.7 Å². The maximum absolute atomic E-state index is 10.8. The first-order valence-corrected chi connectivity index (χ1v) is 5.42. The van der Waals surface area contributed by atoms with Crippen molar-refractivity contribution in [2.75, 3.05) is 0 Å². The molecule has 0 saturated heterocycles. The van der Waals surface area contributed by atoms with Gasteiger partial charge in [0.2, 0.25) is 0 Å². The normalized spacial score (nSPS) is 12.1. The molecule has 0 aromatic carbocycles. The van der Waals surface area contributed by atoms with Crippen molar-refractivity contribution in [1.29, 1.82) is 0 Å². The van der Waals surface area contributed by atoms with Crippen molar-refractivity contribution in [3.8, 4) is 5.75 Å². The topological polar surface area (TPSA) is 59.4 Å². The first-order valence-electron chi connectivity index (χ1n) is 4.63. The second-order valence-electron chi connectivity index (χ2n) is 3.07. The van der Waals surface area contributed by atoms with E-state index in [0.717, 1.165) is 10.9 Å². The highest BCUT2D eigenvalue weighted by molar-refractivity contribution is 9.10. The van der Waals surface area contributed by atoms with Crippen molar-refractivity contribution >= 4 is 21.9 Å². The molecule has 0 fully saturated rings. The molecule has 1 N–H and O–H groups in total. The molecule has 0 saturated carbocycles. The molecule has 0 radical (unpaired) electrons. The Bertz CT molecular complexity index is 343. The lowest BCUT2D eigenvalue weighted by molar-refractivity contribution is -0.145. The van der Waals surface area contributed by atoms with Crippen molar-refractivity contribution in [2.24, 2.45) is 0 Å². The van der Waals surface area contributed by atoms with Crippen LogP contribution in [-0.4, -0.2) is 22.2 Å². The van der Waals surface area contributed by atoms with Crippen LogP contribution in [-0.2, 0) is 4.79 Å². The number of aromatic nitrogens is 1. The second kappa shape index (κ2) is 5.70. The Labute approximate surface area is 96.4 Å². The number of pyridine rings is 1. The van der Waals surface area contributed by atoms with E-state index in [2.05, 4.69) is 20.9 Å². The summed E-state index contributed by atoms with van der Waals surface area (Å²) < 4.78 is 6.07. The average Bonchev–Trinajstić information content (AvgIpc) is 2.17. The van der Waals surface area contributed by atoms with Crippen LogP contribution in [0.25, 0.3) is 0 Å². The molecule has 1 atom stereocenters. The van der Waals surface area contributed by atoms with E-state index in [1.165, 1.54) is 6.20 Å². The monoisotopic (exact) mass is 273 g/mol. The van der Waals surface area contributed by atoms with Gasteiger partial charge in [0.05, 0.1) is 6.20 Å². The Morgan fingerprint density at radius 2 is 2.40 bits per heavy atom. The molecule has 5 heteroatoms. The average molecular weight is 274 g/mol. The van der Waals surface area contributed by atoms with Crippen molar-refractivity contribution in [3.05, 3.63) is 22.9 Å². The Kier molecular flexibility index (Phi) is 4.55. The van der Waals surface area contributed by atoms with Crippen molar-refractivity contribution in [3.63, 3.8) is 0 Å². The zero-order valence-electron chi connectivity index (χ0n) is 8.31. The number of nitrogens with zero attached hydrogens (tertiary/aromatic N) is 1. The van der Waals surface area contributed by atoms with Gasteiger partial charge in [-0.1, -0.05) is 13.3 Å². The second-order valence-corrected chi connectivity index (χ2v) is 3.99. The van der Waals surface area contributed by atoms with Gasteiger partial charge in [-0.15, -0.1) is 0 Å². The van der Waals surface area contributed by atoms with Gasteiger partial charge >= 0.3 is 5.97 Å². The lowest BCUT2D eigenvalue weighted by Gasteiger charge is -2.13. The number of hydrogen-bond acceptors (Lipinski definition) is 3. The molecule has 1 rings (SSSR count). The molecule has 0 bridgehead atoms. The summed E-state index contributed by atoms with van der Waals surface area (Å²) in [6.45, 7) is 1.92. The Hall–Kier alpha value is -1.10. The minimum Gasteiger partial charge on any atom is -0.479 e. The SMILES string of the molecule is CCCC(Oc1cncc(Br)c1)C(=O)O. The van der Waals surface area contributed by atoms with Crippen LogP contribution in [0, 0.1) is 0 Å². The Balaban J connectivity index is 2.69. The quantitative estimate of drug-likeness (QED) is 0.896. The molecule has 0 spiro atoms. The summed E-state index contributed by atoms with van der Waals surface area (Å²) in [6.07, 6.45) is 3.56. The van der Waals surface area contributed by atoms with Gasteiger partial charge in [0.15, 0.2) is 6.10 Å². The zero-order valence-corrected chi connectivity index (χ0v) is 9.90. The summed E-state index contributed by atoms with van der Waals surface area (Å²) in [5.41, 5.74) is 0. The molecule has 15 heavy (non-hydrogen) atoms. The summed E-state index contributed by atoms with van der Waals surface area (Å²) >= 11 is 3.24. The third kappa shape index (κ3) is 3.87. The maximum Gasteiger partial charge on any atom is 0.344 e. The van der Waals surface area contributed by atoms with E-state index in [1.54, 1.807) is 12.3 Å². The van der Waals surface area contributed by atoms with E-state index in [-0.39, 0.29) is 0 Å². The van der Waals surface area contributed by atoms with Gasteiger partial charge in [-0.3, -0.25) is 4.98 Å². The number of carboxylic acids is 1. The molecule has 0 aliphatic heterocycles. The van der Waals surface area contributed by atoms with Crippen LogP contribution in [0.2, 0.25) is 0 Å². The van der Waals surface area contributed by atoms with Crippen LogP contribution >= 0.6 is 15.9 Å². The predicted molar refractivity (Wildman–Crippen MR) is 58.9 cm³/mol. The lowest BCUT2D eigenvalue weighted by atomic mass is 10.2. The zero-order chi connectivity index (χ0) is 11.3. The van der Waals surface area contributed by atoms with E-state index in [4.69, 9.17) is 9.84 Å². The van der Waals surface area contributed by atoms with Crippen LogP contribution in [0.4, 0.5) is 0 Å². The number of carbonyl (C=O) groups is 1. The third-order valence-electron chi connectivity index (χ3n) is 1.78. The van der Waals surface area contributed by atoms with Gasteiger partial charge in [0.1, 0.15) is 5.75 Å². The van der Waals surface area contributed by atoms with Crippen LogP contribution in [0.1, 0.15) is 19.8 Å². The molecule has 1 unspecified atom stereocenters. The Morgan fingerprint density at radius 3 is 2.93 bits per heavy atom. The van der Waals surface area contributed by atoms with Gasteiger partial charge in [-0.2, -0.15) is 0 Å². The fourth-order valence-electron chi connectivity index (χ4n) is 1.12. The fourth-order valence-corrected chi connectivity index (χ4v) is 1.46. The van der Waals surface area contributed by atoms with E-state index in [1.807, 2.05) is 6.92 Å². The lowest BCUT2D eigenvalue weighted by Crippen LogP contribution is -2.26. The molecular weight excluding hydrogens is 262 g/mol. The molecule has 0 amide bonds. The van der Waals surface area contributed by atoms with Gasteiger partial charge in [-0.25, -0.2) is 4.79 Å². The number of halogens is 1. The van der Waals surface area contributed by atoms with Gasteiger partial charge in [-0.05, 0) is 28.4 Å². The molecule has 0 aliphatic rings. The minimum absolute atomic E-state index is 0.463. The van der Waals surface area contributed by atoms with Crippen molar-refractivity contribution in [2.45, 2.75) is 25.9 Å². The van der Waals surface area contributed by atoms with E-state index in [0.29, 0.717) is 12.2 Å². The van der Waals surface area contributed by atoms with Crippen LogP contribution < -0.4 is 4.74 Å². The largest absolute Gasteiger partial charge is 0.479 e. The predicted octanol–water partition coefficient (Wildman–Crippen LogP) is 2.48. The summed E-state index contributed by atoms with van der Waals surface area (Å²) in [5, 5.41) is 8.88. The highest BCUT2D eigenvalue weighted by atomic mass is 79.9. The van der Waals surface area contributed by atoms with E-state index in [9.17, 15) is 4.79 Å². The van der Waals surface area contributed by atoms with Gasteiger partial charge in [0.25, 0.3) is 0 Å². The first-order chi connectivity index (χ1) is 7.13. The number of carboxylic acid groups (broad SMARTS) is 1. The van der Waals surface area contributed by atoms with Crippen molar-refractivity contribution < 1.29 is 14.6 Å². The first kappa shape index (κ1) is 12.0. The number of aliphatic carboxylic acids is 1. The highest BCUT2D eigenvalue weighted by Gasteiger charge is 2.18. The molecular formula is C10H12BrNO3. The molecule has 4 nitrogen and oxygen atoms in total. The van der Waals surface area contributed by atoms with Crippen LogP contribution in [0.15, 0.2) is 22.9 Å². The van der Waals surface area contributed by atoms with Crippen LogP contribution in [0.5, 0.6) is 5.75 Å². The maximum atomic E-state index is 10.8. The summed E-state index contributed by atoms with van der Waals surface area (Å²) in [4.78, 5) is 14.7. The third-order valence-corrected chi connectivity index (χ3v) is 2.22. The summed E-state index contributed by atoms with van der Waals surface area (Å²) in [6, 6.07) is 1.69. The van der Waals surface area contributed by atoms with Crippen molar-refractivity contribution in [1.82, 2.24) is 4.98 Å². The number of hydrogen-bond donors (Lipinski definition) is 1. The standard InChI is InChI=1S/C10H12BrNO3/c1-2-3-9(10(13)14)15-8-4-7(11)5-12-6-8/h4-6,9H,2-3H2,1H3,(H,13,14). The molecule has 82 valence electrons. The van der Waals surface area contributed by atoms with E-state index >= 15 is 0 Å². The molecule has 0 aliphatic carbocycles.